The van der Waals surface area contributed by atoms with E-state index in [0.717, 1.165) is 6.42 Å². The first kappa shape index (κ1) is 14.7. The van der Waals surface area contributed by atoms with E-state index in [4.69, 9.17) is 0 Å². The summed E-state index contributed by atoms with van der Waals surface area (Å²) in [6.07, 6.45) is 1.38. The van der Waals surface area contributed by atoms with Crippen molar-refractivity contribution in [2.75, 3.05) is 0 Å². The van der Waals surface area contributed by atoms with Crippen LogP contribution in [-0.4, -0.2) is 22.5 Å². The highest BCUT2D eigenvalue weighted by atomic mass is 16.6. The zero-order chi connectivity index (χ0) is 16.1. The number of ketones is 1. The highest BCUT2D eigenvalue weighted by Gasteiger charge is 2.46. The van der Waals surface area contributed by atoms with Gasteiger partial charge in [-0.2, -0.15) is 5.10 Å². The van der Waals surface area contributed by atoms with Crippen molar-refractivity contribution in [3.63, 3.8) is 0 Å². The summed E-state index contributed by atoms with van der Waals surface area (Å²) < 4.78 is 0. The lowest BCUT2D eigenvalue weighted by Gasteiger charge is -2.36. The van der Waals surface area contributed by atoms with E-state index in [0.29, 0.717) is 23.3 Å². The van der Waals surface area contributed by atoms with Crippen LogP contribution in [0.1, 0.15) is 37.8 Å². The number of nitrogens with one attached hydrogen (secondary N) is 1. The van der Waals surface area contributed by atoms with Crippen molar-refractivity contribution < 1.29 is 9.72 Å². The van der Waals surface area contributed by atoms with E-state index in [1.807, 2.05) is 0 Å². The molecule has 1 aromatic carbocycles. The minimum Gasteiger partial charge on any atom is -0.306 e. The fraction of sp³-hybridized carbons (Fsp3) is 0.500. The van der Waals surface area contributed by atoms with Gasteiger partial charge in [-0.15, -0.1) is 0 Å². The molecule has 1 aliphatic heterocycles. The molecular formula is C16H19N3O3. The van der Waals surface area contributed by atoms with Crippen molar-refractivity contribution in [2.24, 2.45) is 16.4 Å². The van der Waals surface area contributed by atoms with Crippen molar-refractivity contribution in [2.45, 2.75) is 39.7 Å². The molecule has 1 saturated carbocycles. The Kier molecular flexibility index (Phi) is 3.27. The number of hydrogen-bond donors (Lipinski definition) is 1. The van der Waals surface area contributed by atoms with E-state index >= 15 is 0 Å². The molecule has 6 heteroatoms. The van der Waals surface area contributed by atoms with Crippen LogP contribution >= 0.6 is 0 Å². The number of aryl methyl sites for hydroxylation is 1. The third kappa shape index (κ3) is 2.38. The van der Waals surface area contributed by atoms with Gasteiger partial charge in [-0.3, -0.25) is 14.9 Å². The molecule has 0 unspecified atom stereocenters. The molecule has 1 aromatic rings. The molecule has 0 spiro atoms. The fourth-order valence-corrected chi connectivity index (χ4v) is 3.49. The predicted octanol–water partition coefficient (Wildman–Crippen LogP) is 2.58. The Morgan fingerprint density at radius 3 is 2.82 bits per heavy atom. The number of nitro groups is 1. The maximum atomic E-state index is 12.5. The summed E-state index contributed by atoms with van der Waals surface area (Å²) in [5.41, 5.74) is 4.98. The van der Waals surface area contributed by atoms with Crippen molar-refractivity contribution in [1.29, 1.82) is 0 Å². The van der Waals surface area contributed by atoms with E-state index in [-0.39, 0.29) is 28.8 Å². The minimum absolute atomic E-state index is 0.00777. The first-order valence-electron chi connectivity index (χ1n) is 7.40. The van der Waals surface area contributed by atoms with Gasteiger partial charge in [0.15, 0.2) is 0 Å². The molecule has 22 heavy (non-hydrogen) atoms. The average molecular weight is 301 g/mol. The molecule has 0 radical (unpaired) electrons. The summed E-state index contributed by atoms with van der Waals surface area (Å²) in [7, 11) is 0. The lowest BCUT2D eigenvalue weighted by Crippen LogP contribution is -2.45. The number of fused-ring (bicyclic) bond motifs is 1. The highest BCUT2D eigenvalue weighted by Crippen LogP contribution is 2.39. The molecule has 0 amide bonds. The van der Waals surface area contributed by atoms with Crippen LogP contribution in [0.5, 0.6) is 0 Å². The summed E-state index contributed by atoms with van der Waals surface area (Å²) in [5, 5.41) is 15.4. The van der Waals surface area contributed by atoms with Crippen LogP contribution in [0.15, 0.2) is 23.3 Å². The van der Waals surface area contributed by atoms with Crippen LogP contribution in [-0.2, 0) is 4.79 Å². The molecule has 1 fully saturated rings. The van der Waals surface area contributed by atoms with Gasteiger partial charge in [0.05, 0.1) is 22.6 Å². The van der Waals surface area contributed by atoms with Crippen LogP contribution in [0, 0.1) is 28.4 Å². The van der Waals surface area contributed by atoms with Gasteiger partial charge in [0, 0.05) is 23.6 Å². The molecule has 116 valence electrons. The average Bonchev–Trinajstić information content (AvgIpc) is 2.81. The summed E-state index contributed by atoms with van der Waals surface area (Å²) in [4.78, 5) is 23.2. The third-order valence-corrected chi connectivity index (χ3v) is 4.52. The second-order valence-electron chi connectivity index (χ2n) is 6.98. The number of carbonyl (C=O) groups excluding carboxylic acids is 1. The summed E-state index contributed by atoms with van der Waals surface area (Å²) in [6.45, 7) is 5.86. The first-order chi connectivity index (χ1) is 10.3. The van der Waals surface area contributed by atoms with Crippen molar-refractivity contribution >= 4 is 17.2 Å². The molecule has 1 aliphatic carbocycles. The second-order valence-corrected chi connectivity index (χ2v) is 6.98. The fourth-order valence-electron chi connectivity index (χ4n) is 3.49. The SMILES string of the molecule is Cc1ccc(C2=NN[C@@H]3CC(C)(C)CC(=O)[C@H]23)cc1[N+](=O)[O-]. The van der Waals surface area contributed by atoms with Crippen LogP contribution in [0.3, 0.4) is 0 Å². The van der Waals surface area contributed by atoms with Gasteiger partial charge in [-0.05, 0) is 18.8 Å². The van der Waals surface area contributed by atoms with Gasteiger partial charge in [-0.1, -0.05) is 26.0 Å². The molecule has 1 heterocycles. The second kappa shape index (κ2) is 4.90. The number of carbonyl (C=O) groups is 1. The summed E-state index contributed by atoms with van der Waals surface area (Å²) >= 11 is 0. The van der Waals surface area contributed by atoms with Crippen LogP contribution < -0.4 is 5.43 Å². The standard InChI is InChI=1S/C16H19N3O3/c1-9-4-5-10(6-12(9)19(21)22)15-14-11(17-18-15)7-16(2,3)8-13(14)20/h4-6,11,14,17H,7-8H2,1-3H3/t11-,14-/m1/s1. The zero-order valence-corrected chi connectivity index (χ0v) is 12.9. The number of nitro benzene ring substituents is 1. The van der Waals surface area contributed by atoms with E-state index in [9.17, 15) is 14.9 Å². The Morgan fingerprint density at radius 2 is 2.14 bits per heavy atom. The van der Waals surface area contributed by atoms with Gasteiger partial charge in [0.2, 0.25) is 0 Å². The summed E-state index contributed by atoms with van der Waals surface area (Å²) in [6, 6.07) is 5.02. The van der Waals surface area contributed by atoms with Gasteiger partial charge >= 0.3 is 0 Å². The van der Waals surface area contributed by atoms with Crippen molar-refractivity contribution in [1.82, 2.24) is 5.43 Å². The molecule has 2 aliphatic rings. The lowest BCUT2D eigenvalue weighted by atomic mass is 9.68. The maximum absolute atomic E-state index is 12.5. The third-order valence-electron chi connectivity index (χ3n) is 4.52. The Labute approximate surface area is 128 Å². The number of Topliss-reactive ketones (excluding diaryl/α,β-unsaturated/α-hetero) is 1. The maximum Gasteiger partial charge on any atom is 0.272 e. The first-order valence-corrected chi connectivity index (χ1v) is 7.40. The van der Waals surface area contributed by atoms with Gasteiger partial charge < -0.3 is 5.43 Å². The normalized spacial score (nSPS) is 26.1. The van der Waals surface area contributed by atoms with Gasteiger partial charge in [0.1, 0.15) is 5.78 Å². The lowest BCUT2D eigenvalue weighted by molar-refractivity contribution is -0.385. The molecule has 0 aromatic heterocycles. The Balaban J connectivity index is 1.96. The molecular weight excluding hydrogens is 282 g/mol. The Bertz CT molecular complexity index is 694. The van der Waals surface area contributed by atoms with Crippen LogP contribution in [0.2, 0.25) is 0 Å². The molecule has 0 saturated heterocycles. The smallest absolute Gasteiger partial charge is 0.272 e. The zero-order valence-electron chi connectivity index (χ0n) is 12.9. The van der Waals surface area contributed by atoms with E-state index in [1.54, 1.807) is 19.1 Å². The number of hydrazone groups is 1. The van der Waals surface area contributed by atoms with Crippen LogP contribution in [0.25, 0.3) is 0 Å². The largest absolute Gasteiger partial charge is 0.306 e. The van der Waals surface area contributed by atoms with Crippen LogP contribution in [0.4, 0.5) is 5.69 Å². The highest BCUT2D eigenvalue weighted by molar-refractivity contribution is 6.15. The minimum atomic E-state index is -0.398. The molecule has 3 rings (SSSR count). The Hall–Kier alpha value is -2.24. The molecule has 1 N–H and O–H groups in total. The predicted molar refractivity (Wildman–Crippen MR) is 82.8 cm³/mol. The number of rotatable bonds is 2. The van der Waals surface area contributed by atoms with Crippen molar-refractivity contribution in [3.8, 4) is 0 Å². The topological polar surface area (TPSA) is 84.6 Å². The van der Waals surface area contributed by atoms with Gasteiger partial charge in [0.25, 0.3) is 5.69 Å². The number of benzene rings is 1. The van der Waals surface area contributed by atoms with E-state index in [2.05, 4.69) is 24.4 Å². The van der Waals surface area contributed by atoms with Crippen molar-refractivity contribution in [3.05, 3.63) is 39.4 Å². The van der Waals surface area contributed by atoms with E-state index in [1.165, 1.54) is 6.07 Å². The molecule has 6 nitrogen and oxygen atoms in total. The molecule has 2 atom stereocenters. The van der Waals surface area contributed by atoms with Gasteiger partial charge in [-0.25, -0.2) is 0 Å². The Morgan fingerprint density at radius 1 is 1.41 bits per heavy atom. The number of nitrogens with zero attached hydrogens (tertiary/aromatic N) is 2. The molecule has 0 bridgehead atoms. The monoisotopic (exact) mass is 301 g/mol. The summed E-state index contributed by atoms with van der Waals surface area (Å²) in [5.74, 6) is -0.136. The number of hydrogen-bond acceptors (Lipinski definition) is 5. The quantitative estimate of drug-likeness (QED) is 0.672. The van der Waals surface area contributed by atoms with E-state index < -0.39 is 4.92 Å².